The Morgan fingerprint density at radius 1 is 1.17 bits per heavy atom. The number of nitrogens with zero attached hydrogens (tertiary/aromatic N) is 1. The van der Waals surface area contributed by atoms with Gasteiger partial charge >= 0.3 is 6.18 Å². The number of carbonyl (C=O) groups is 1. The molecule has 120 valence electrons. The summed E-state index contributed by atoms with van der Waals surface area (Å²) < 4.78 is 37.8. The molecule has 0 unspecified atom stereocenters. The second-order valence-corrected chi connectivity index (χ2v) is 5.10. The van der Waals surface area contributed by atoms with Crippen molar-refractivity contribution in [1.29, 1.82) is 0 Å². The largest absolute Gasteiger partial charge is 0.416 e. The molecule has 0 aliphatic rings. The summed E-state index contributed by atoms with van der Waals surface area (Å²) in [4.78, 5) is 11.7. The van der Waals surface area contributed by atoms with E-state index in [-0.39, 0.29) is 12.0 Å². The molecule has 2 aromatic rings. The van der Waals surface area contributed by atoms with Gasteiger partial charge in [-0.3, -0.25) is 4.79 Å². The highest BCUT2D eigenvalue weighted by Gasteiger charge is 2.30. The number of amides is 1. The first-order chi connectivity index (χ1) is 10.9. The maximum absolute atomic E-state index is 12.6. The van der Waals surface area contributed by atoms with Gasteiger partial charge < -0.3 is 0 Å². The summed E-state index contributed by atoms with van der Waals surface area (Å²) in [5, 5.41) is 4.21. The van der Waals surface area contributed by atoms with Crippen molar-refractivity contribution in [2.45, 2.75) is 12.6 Å². The van der Waals surface area contributed by atoms with Crippen molar-refractivity contribution < 1.29 is 18.0 Å². The fourth-order valence-corrected chi connectivity index (χ4v) is 2.02. The highest BCUT2D eigenvalue weighted by Crippen LogP contribution is 2.29. The number of rotatable bonds is 4. The zero-order chi connectivity index (χ0) is 16.9. The van der Waals surface area contributed by atoms with Crippen LogP contribution in [0.5, 0.6) is 0 Å². The van der Waals surface area contributed by atoms with Crippen molar-refractivity contribution in [1.82, 2.24) is 5.43 Å². The first-order valence-corrected chi connectivity index (χ1v) is 6.96. The number of hydrogen-bond donors (Lipinski definition) is 1. The molecular formula is C16H12ClF3N2O. The van der Waals surface area contributed by atoms with Crippen molar-refractivity contribution >= 4 is 23.7 Å². The molecule has 0 atom stereocenters. The van der Waals surface area contributed by atoms with Crippen LogP contribution in [0.1, 0.15) is 16.7 Å². The maximum Gasteiger partial charge on any atom is 0.416 e. The molecule has 3 nitrogen and oxygen atoms in total. The Morgan fingerprint density at radius 3 is 2.61 bits per heavy atom. The predicted octanol–water partition coefficient (Wildman–Crippen LogP) is 4.05. The maximum atomic E-state index is 12.6. The van der Waals surface area contributed by atoms with Gasteiger partial charge in [-0.15, -0.1) is 0 Å². The Labute approximate surface area is 135 Å². The van der Waals surface area contributed by atoms with E-state index in [1.165, 1.54) is 18.3 Å². The first kappa shape index (κ1) is 17.0. The fraction of sp³-hybridized carbons (Fsp3) is 0.125. The van der Waals surface area contributed by atoms with Crippen LogP contribution in [-0.2, 0) is 17.4 Å². The Kier molecular flexibility index (Phi) is 5.39. The quantitative estimate of drug-likeness (QED) is 0.662. The molecular weight excluding hydrogens is 329 g/mol. The normalized spacial score (nSPS) is 11.7. The van der Waals surface area contributed by atoms with Gasteiger partial charge in [-0.2, -0.15) is 18.3 Å². The lowest BCUT2D eigenvalue weighted by molar-refractivity contribution is -0.137. The van der Waals surface area contributed by atoms with Crippen molar-refractivity contribution in [3.05, 3.63) is 70.2 Å². The first-order valence-electron chi connectivity index (χ1n) is 6.59. The second kappa shape index (κ2) is 7.28. The van der Waals surface area contributed by atoms with Crippen molar-refractivity contribution in [2.75, 3.05) is 0 Å². The molecule has 0 spiro atoms. The minimum absolute atomic E-state index is 0.205. The number of hydrogen-bond acceptors (Lipinski definition) is 2. The second-order valence-electron chi connectivity index (χ2n) is 4.69. The Balaban J connectivity index is 1.97. The minimum atomic E-state index is -4.44. The number of nitrogens with one attached hydrogen (secondary N) is 1. The fourth-order valence-electron chi connectivity index (χ4n) is 1.84. The van der Waals surface area contributed by atoms with E-state index in [1.807, 2.05) is 0 Å². The zero-order valence-electron chi connectivity index (χ0n) is 11.8. The third-order valence-corrected chi connectivity index (χ3v) is 3.26. The topological polar surface area (TPSA) is 41.5 Å². The van der Waals surface area contributed by atoms with E-state index in [1.54, 1.807) is 24.3 Å². The summed E-state index contributed by atoms with van der Waals surface area (Å²) >= 11 is 5.92. The van der Waals surface area contributed by atoms with E-state index < -0.39 is 17.6 Å². The standard InChI is InChI=1S/C16H12ClF3N2O/c17-14-7-2-1-5-12(14)10-21-22-15(23)9-11-4-3-6-13(8-11)16(18,19)20/h1-8,10H,9H2,(H,22,23)/b21-10-. The van der Waals surface area contributed by atoms with Gasteiger partial charge in [0.15, 0.2) is 0 Å². The van der Waals surface area contributed by atoms with E-state index in [9.17, 15) is 18.0 Å². The average molecular weight is 341 g/mol. The van der Waals surface area contributed by atoms with Gasteiger partial charge in [0.05, 0.1) is 18.2 Å². The summed E-state index contributed by atoms with van der Waals surface area (Å²) in [5.41, 5.74) is 2.34. The third-order valence-electron chi connectivity index (χ3n) is 2.92. The van der Waals surface area contributed by atoms with Gasteiger partial charge in [-0.05, 0) is 17.7 Å². The number of alkyl halides is 3. The van der Waals surface area contributed by atoms with Gasteiger partial charge in [0.25, 0.3) is 0 Å². The van der Waals surface area contributed by atoms with Crippen LogP contribution in [0.3, 0.4) is 0 Å². The average Bonchev–Trinajstić information content (AvgIpc) is 2.48. The van der Waals surface area contributed by atoms with Crippen molar-refractivity contribution in [3.63, 3.8) is 0 Å². The molecule has 0 saturated heterocycles. The molecule has 0 aliphatic heterocycles. The van der Waals surface area contributed by atoms with Crippen LogP contribution >= 0.6 is 11.6 Å². The van der Waals surface area contributed by atoms with E-state index in [0.29, 0.717) is 10.6 Å². The van der Waals surface area contributed by atoms with E-state index in [2.05, 4.69) is 10.5 Å². The van der Waals surface area contributed by atoms with E-state index in [0.717, 1.165) is 12.1 Å². The van der Waals surface area contributed by atoms with Gasteiger partial charge in [-0.1, -0.05) is 48.0 Å². The Hall–Kier alpha value is -2.34. The lowest BCUT2D eigenvalue weighted by Gasteiger charge is -2.08. The molecule has 1 amide bonds. The molecule has 2 aromatic carbocycles. The predicted molar refractivity (Wildman–Crippen MR) is 82.3 cm³/mol. The van der Waals surface area contributed by atoms with Crippen LogP contribution in [0.25, 0.3) is 0 Å². The zero-order valence-corrected chi connectivity index (χ0v) is 12.5. The lowest BCUT2D eigenvalue weighted by atomic mass is 10.1. The van der Waals surface area contributed by atoms with E-state index in [4.69, 9.17) is 11.6 Å². The molecule has 7 heteroatoms. The summed E-state index contributed by atoms with van der Waals surface area (Å²) in [6.45, 7) is 0. The number of halogens is 4. The van der Waals surface area contributed by atoms with Crippen LogP contribution in [0.2, 0.25) is 5.02 Å². The van der Waals surface area contributed by atoms with Gasteiger partial charge in [0.1, 0.15) is 0 Å². The highest BCUT2D eigenvalue weighted by molar-refractivity contribution is 6.33. The van der Waals surface area contributed by atoms with Crippen LogP contribution in [-0.4, -0.2) is 12.1 Å². The van der Waals surface area contributed by atoms with Gasteiger partial charge in [-0.25, -0.2) is 5.43 Å². The summed E-state index contributed by atoms with van der Waals surface area (Å²) in [7, 11) is 0. The van der Waals surface area contributed by atoms with Gasteiger partial charge in [0, 0.05) is 10.6 Å². The van der Waals surface area contributed by atoms with Crippen molar-refractivity contribution in [3.8, 4) is 0 Å². The summed E-state index contributed by atoms with van der Waals surface area (Å²) in [6, 6.07) is 11.5. The van der Waals surface area contributed by atoms with E-state index >= 15 is 0 Å². The summed E-state index contributed by atoms with van der Waals surface area (Å²) in [5.74, 6) is -0.521. The van der Waals surface area contributed by atoms with Crippen LogP contribution in [0.15, 0.2) is 53.6 Å². The molecule has 0 radical (unpaired) electrons. The number of hydrazone groups is 1. The SMILES string of the molecule is O=C(Cc1cccc(C(F)(F)F)c1)N/N=C\c1ccccc1Cl. The van der Waals surface area contributed by atoms with Crippen LogP contribution in [0.4, 0.5) is 13.2 Å². The van der Waals surface area contributed by atoms with Crippen LogP contribution < -0.4 is 5.43 Å². The molecule has 23 heavy (non-hydrogen) atoms. The molecule has 0 aliphatic carbocycles. The highest BCUT2D eigenvalue weighted by atomic mass is 35.5. The van der Waals surface area contributed by atoms with Gasteiger partial charge in [0.2, 0.25) is 5.91 Å². The Bertz CT molecular complexity index is 729. The number of benzene rings is 2. The van der Waals surface area contributed by atoms with Crippen molar-refractivity contribution in [2.24, 2.45) is 5.10 Å². The number of carbonyl (C=O) groups excluding carboxylic acids is 1. The summed E-state index contributed by atoms with van der Waals surface area (Å²) in [6.07, 6.45) is -3.27. The third kappa shape index (κ3) is 5.10. The molecule has 0 saturated carbocycles. The Morgan fingerprint density at radius 2 is 1.91 bits per heavy atom. The monoisotopic (exact) mass is 340 g/mol. The molecule has 0 fully saturated rings. The molecule has 1 N–H and O–H groups in total. The minimum Gasteiger partial charge on any atom is -0.273 e. The molecule has 0 heterocycles. The molecule has 0 bridgehead atoms. The molecule has 0 aromatic heterocycles. The lowest BCUT2D eigenvalue weighted by Crippen LogP contribution is -2.20. The van der Waals surface area contributed by atoms with Crippen LogP contribution in [0, 0.1) is 0 Å². The molecule has 2 rings (SSSR count). The smallest absolute Gasteiger partial charge is 0.273 e.